The van der Waals surface area contributed by atoms with Gasteiger partial charge < -0.3 is 20.0 Å². The van der Waals surface area contributed by atoms with Crippen molar-refractivity contribution in [2.24, 2.45) is 5.10 Å². The molecule has 1 amide bonds. The predicted octanol–water partition coefficient (Wildman–Crippen LogP) is 2.04. The summed E-state index contributed by atoms with van der Waals surface area (Å²) in [6.07, 6.45) is 8.34. The molecule has 3 N–H and O–H groups in total. The van der Waals surface area contributed by atoms with E-state index in [2.05, 4.69) is 56.4 Å². The Balaban J connectivity index is 1.33. The molecule has 0 aromatic heterocycles. The van der Waals surface area contributed by atoms with Gasteiger partial charge >= 0.3 is 0 Å². The number of hydrogen-bond acceptors (Lipinski definition) is 7. The van der Waals surface area contributed by atoms with Crippen LogP contribution in [0.5, 0.6) is 5.75 Å². The fourth-order valence-electron chi connectivity index (χ4n) is 4.08. The molecule has 0 spiro atoms. The fourth-order valence-corrected chi connectivity index (χ4v) is 4.08. The average Bonchev–Trinajstić information content (AvgIpc) is 3.36. The molecule has 0 saturated carbocycles. The highest BCUT2D eigenvalue weighted by molar-refractivity contribution is 5.89. The number of amidine groups is 1. The van der Waals surface area contributed by atoms with Gasteiger partial charge in [0.05, 0.1) is 19.2 Å². The molecule has 29 heavy (non-hydrogen) atoms. The lowest BCUT2D eigenvalue weighted by atomic mass is 9.99. The zero-order chi connectivity index (χ0) is 20.2. The monoisotopic (exact) mass is 398 g/mol. The van der Waals surface area contributed by atoms with Gasteiger partial charge in [0, 0.05) is 31.8 Å². The molecule has 0 bridgehead atoms. The highest BCUT2D eigenvalue weighted by atomic mass is 16.5. The van der Waals surface area contributed by atoms with Crippen LogP contribution in [0, 0.1) is 0 Å². The maximum Gasteiger partial charge on any atom is 0.220 e. The SMILES string of the molecule is CCCCNC(=O)CCC1=NNC2C3CC(c4ccc(OC)cc4)NN3C=CN12. The molecule has 3 unspecified atom stereocenters. The molecule has 3 aliphatic rings. The number of hydrazine groups is 1. The number of methoxy groups -OCH3 is 1. The first-order valence-corrected chi connectivity index (χ1v) is 10.4. The number of hydrogen-bond donors (Lipinski definition) is 3. The van der Waals surface area contributed by atoms with E-state index in [-0.39, 0.29) is 24.2 Å². The molecule has 1 fully saturated rings. The first kappa shape index (κ1) is 19.6. The Kier molecular flexibility index (Phi) is 5.89. The number of nitrogens with one attached hydrogen (secondary N) is 3. The maximum atomic E-state index is 12.0. The lowest BCUT2D eigenvalue weighted by Gasteiger charge is -2.37. The van der Waals surface area contributed by atoms with Gasteiger partial charge in [0.15, 0.2) is 0 Å². The summed E-state index contributed by atoms with van der Waals surface area (Å²) in [5.74, 6) is 1.88. The van der Waals surface area contributed by atoms with Crippen molar-refractivity contribution in [2.75, 3.05) is 13.7 Å². The highest BCUT2D eigenvalue weighted by Gasteiger charge is 2.44. The van der Waals surface area contributed by atoms with Crippen LogP contribution in [0.2, 0.25) is 0 Å². The van der Waals surface area contributed by atoms with Crippen molar-refractivity contribution in [3.8, 4) is 5.75 Å². The zero-order valence-electron chi connectivity index (χ0n) is 17.1. The van der Waals surface area contributed by atoms with Crippen molar-refractivity contribution in [1.82, 2.24) is 26.1 Å². The Labute approximate surface area is 171 Å². The smallest absolute Gasteiger partial charge is 0.220 e. The summed E-state index contributed by atoms with van der Waals surface area (Å²) in [5.41, 5.74) is 8.09. The number of carbonyl (C=O) groups excluding carboxylic acids is 1. The Morgan fingerprint density at radius 2 is 2.14 bits per heavy atom. The predicted molar refractivity (Wildman–Crippen MR) is 112 cm³/mol. The van der Waals surface area contributed by atoms with Crippen LogP contribution >= 0.6 is 0 Å². The van der Waals surface area contributed by atoms with Crippen LogP contribution in [-0.4, -0.2) is 47.5 Å². The first-order chi connectivity index (χ1) is 14.2. The molecule has 3 heterocycles. The van der Waals surface area contributed by atoms with Crippen molar-refractivity contribution in [1.29, 1.82) is 0 Å². The molecule has 156 valence electrons. The third-order valence-corrected chi connectivity index (χ3v) is 5.76. The number of hydrazone groups is 1. The minimum absolute atomic E-state index is 0.0777. The van der Waals surface area contributed by atoms with E-state index in [1.54, 1.807) is 7.11 Å². The Morgan fingerprint density at radius 1 is 1.31 bits per heavy atom. The molecular formula is C21H30N6O2. The minimum Gasteiger partial charge on any atom is -0.497 e. The van der Waals surface area contributed by atoms with Crippen LogP contribution < -0.4 is 20.9 Å². The van der Waals surface area contributed by atoms with Crippen molar-refractivity contribution in [3.63, 3.8) is 0 Å². The summed E-state index contributed by atoms with van der Waals surface area (Å²) < 4.78 is 5.26. The van der Waals surface area contributed by atoms with E-state index in [1.807, 2.05) is 18.3 Å². The summed E-state index contributed by atoms with van der Waals surface area (Å²) in [6, 6.07) is 8.71. The number of benzene rings is 1. The number of rotatable bonds is 8. The molecule has 0 radical (unpaired) electrons. The quantitative estimate of drug-likeness (QED) is 0.582. The summed E-state index contributed by atoms with van der Waals surface area (Å²) in [5, 5.41) is 9.66. The number of amides is 1. The lowest BCUT2D eigenvalue weighted by molar-refractivity contribution is -0.120. The van der Waals surface area contributed by atoms with Crippen LogP contribution in [0.15, 0.2) is 41.8 Å². The molecule has 1 aromatic rings. The molecule has 3 atom stereocenters. The number of fused-ring (bicyclic) bond motifs is 3. The minimum atomic E-state index is 0.0777. The third-order valence-electron chi connectivity index (χ3n) is 5.76. The lowest BCUT2D eigenvalue weighted by Crippen LogP contribution is -2.54. The zero-order valence-corrected chi connectivity index (χ0v) is 17.1. The summed E-state index contributed by atoms with van der Waals surface area (Å²) in [7, 11) is 1.68. The van der Waals surface area contributed by atoms with Gasteiger partial charge in [-0.3, -0.25) is 10.2 Å². The van der Waals surface area contributed by atoms with Gasteiger partial charge in [0.25, 0.3) is 0 Å². The number of carbonyl (C=O) groups is 1. The van der Waals surface area contributed by atoms with E-state index in [9.17, 15) is 4.79 Å². The van der Waals surface area contributed by atoms with Gasteiger partial charge in [-0.1, -0.05) is 25.5 Å². The van der Waals surface area contributed by atoms with E-state index >= 15 is 0 Å². The van der Waals surface area contributed by atoms with Crippen molar-refractivity contribution >= 4 is 11.7 Å². The third kappa shape index (κ3) is 4.17. The van der Waals surface area contributed by atoms with Crippen molar-refractivity contribution < 1.29 is 9.53 Å². The molecule has 8 nitrogen and oxygen atoms in total. The van der Waals surface area contributed by atoms with Gasteiger partial charge in [0.1, 0.15) is 17.8 Å². The Hall–Kier alpha value is -2.74. The van der Waals surface area contributed by atoms with E-state index in [4.69, 9.17) is 4.74 Å². The largest absolute Gasteiger partial charge is 0.497 e. The second kappa shape index (κ2) is 8.73. The molecule has 8 heteroatoms. The fraction of sp³-hybridized carbons (Fsp3) is 0.524. The maximum absolute atomic E-state index is 12.0. The summed E-state index contributed by atoms with van der Waals surface area (Å²) in [4.78, 5) is 14.2. The van der Waals surface area contributed by atoms with Crippen molar-refractivity contribution in [2.45, 2.75) is 57.3 Å². The molecular weight excluding hydrogens is 368 g/mol. The van der Waals surface area contributed by atoms with E-state index < -0.39 is 0 Å². The molecule has 4 rings (SSSR count). The standard InChI is InChI=1S/C21H30N6O2/c1-3-4-11-22-20(28)10-9-19-23-24-21-18-14-17(25-27(18)13-12-26(19)21)15-5-7-16(29-2)8-6-15/h5-8,12-13,17-18,21,24-25H,3-4,9-11,14H2,1-2H3,(H,22,28). The topological polar surface area (TPSA) is 81.2 Å². The van der Waals surface area contributed by atoms with E-state index in [0.29, 0.717) is 12.8 Å². The Morgan fingerprint density at radius 3 is 2.90 bits per heavy atom. The summed E-state index contributed by atoms with van der Waals surface area (Å²) >= 11 is 0. The summed E-state index contributed by atoms with van der Waals surface area (Å²) in [6.45, 7) is 2.87. The van der Waals surface area contributed by atoms with E-state index in [1.165, 1.54) is 5.56 Å². The Bertz CT molecular complexity index is 778. The molecule has 1 aromatic carbocycles. The normalized spacial score (nSPS) is 24.6. The molecule has 0 aliphatic carbocycles. The van der Waals surface area contributed by atoms with Crippen LogP contribution in [0.1, 0.15) is 50.6 Å². The first-order valence-electron chi connectivity index (χ1n) is 10.4. The van der Waals surface area contributed by atoms with Crippen LogP contribution in [0.4, 0.5) is 0 Å². The van der Waals surface area contributed by atoms with Gasteiger partial charge in [-0.2, -0.15) is 5.10 Å². The van der Waals surface area contributed by atoms with Crippen LogP contribution in [0.25, 0.3) is 0 Å². The van der Waals surface area contributed by atoms with Gasteiger partial charge in [-0.15, -0.1) is 0 Å². The second-order valence-electron chi connectivity index (χ2n) is 7.68. The molecule has 3 aliphatic heterocycles. The van der Waals surface area contributed by atoms with Gasteiger partial charge in [-0.05, 0) is 30.5 Å². The van der Waals surface area contributed by atoms with Crippen LogP contribution in [-0.2, 0) is 4.79 Å². The number of nitrogens with zero attached hydrogens (tertiary/aromatic N) is 3. The van der Waals surface area contributed by atoms with Crippen molar-refractivity contribution in [3.05, 3.63) is 42.2 Å². The molecule has 1 saturated heterocycles. The van der Waals surface area contributed by atoms with Crippen LogP contribution in [0.3, 0.4) is 0 Å². The van der Waals surface area contributed by atoms with Gasteiger partial charge in [-0.25, -0.2) is 5.43 Å². The van der Waals surface area contributed by atoms with E-state index in [0.717, 1.165) is 37.4 Å². The average molecular weight is 399 g/mol. The second-order valence-corrected chi connectivity index (χ2v) is 7.68. The number of ether oxygens (including phenoxy) is 1. The number of unbranched alkanes of at least 4 members (excludes halogenated alkanes) is 1. The van der Waals surface area contributed by atoms with Gasteiger partial charge in [0.2, 0.25) is 5.91 Å². The highest BCUT2D eigenvalue weighted by Crippen LogP contribution is 2.34.